The molecule has 0 heterocycles. The van der Waals surface area contributed by atoms with Crippen molar-refractivity contribution in [2.75, 3.05) is 6.61 Å². The summed E-state index contributed by atoms with van der Waals surface area (Å²) in [7, 11) is 0. The SMILES string of the molecule is Fc1cc(-c2ccccc2)c(F)c(OCC(F)F)c1F. The predicted octanol–water partition coefficient (Wildman–Crippen LogP) is 4.41. The summed E-state index contributed by atoms with van der Waals surface area (Å²) in [5, 5.41) is 0. The molecular formula is C14H9F5O. The van der Waals surface area contributed by atoms with E-state index in [4.69, 9.17) is 0 Å². The maximum absolute atomic E-state index is 14.1. The number of hydrogen-bond donors (Lipinski definition) is 0. The Morgan fingerprint density at radius 3 is 2.20 bits per heavy atom. The van der Waals surface area contributed by atoms with Crippen LogP contribution in [0.2, 0.25) is 0 Å². The van der Waals surface area contributed by atoms with Crippen molar-refractivity contribution in [3.63, 3.8) is 0 Å². The van der Waals surface area contributed by atoms with Gasteiger partial charge in [0.1, 0.15) is 6.61 Å². The molecule has 0 amide bonds. The lowest BCUT2D eigenvalue weighted by molar-refractivity contribution is 0.0773. The number of halogens is 5. The molecule has 2 aromatic carbocycles. The van der Waals surface area contributed by atoms with E-state index in [1.807, 2.05) is 0 Å². The van der Waals surface area contributed by atoms with Gasteiger partial charge in [-0.2, -0.15) is 4.39 Å². The molecule has 0 aliphatic carbocycles. The summed E-state index contributed by atoms with van der Waals surface area (Å²) in [5.74, 6) is -5.34. The molecule has 0 N–H and O–H groups in total. The topological polar surface area (TPSA) is 9.23 Å². The second-order valence-electron chi connectivity index (χ2n) is 3.93. The van der Waals surface area contributed by atoms with E-state index in [-0.39, 0.29) is 11.1 Å². The molecule has 0 radical (unpaired) electrons. The van der Waals surface area contributed by atoms with Gasteiger partial charge in [-0.25, -0.2) is 17.6 Å². The normalized spacial score (nSPS) is 10.9. The van der Waals surface area contributed by atoms with Gasteiger partial charge in [0.15, 0.2) is 17.4 Å². The van der Waals surface area contributed by atoms with E-state index in [1.54, 1.807) is 18.2 Å². The minimum Gasteiger partial charge on any atom is -0.481 e. The van der Waals surface area contributed by atoms with E-state index >= 15 is 0 Å². The molecule has 0 bridgehead atoms. The zero-order valence-electron chi connectivity index (χ0n) is 10.0. The Labute approximate surface area is 111 Å². The van der Waals surface area contributed by atoms with E-state index in [2.05, 4.69) is 4.74 Å². The summed E-state index contributed by atoms with van der Waals surface area (Å²) in [5.41, 5.74) is 0.0274. The molecule has 0 spiro atoms. The van der Waals surface area contributed by atoms with Crippen LogP contribution in [0.3, 0.4) is 0 Å². The number of hydrogen-bond acceptors (Lipinski definition) is 1. The Balaban J connectivity index is 2.49. The molecule has 1 nitrogen and oxygen atoms in total. The van der Waals surface area contributed by atoms with Crippen LogP contribution in [0.5, 0.6) is 5.75 Å². The van der Waals surface area contributed by atoms with E-state index in [0.717, 1.165) is 0 Å². The average Bonchev–Trinajstić information content (AvgIpc) is 2.43. The minimum atomic E-state index is -2.92. The second kappa shape index (κ2) is 5.90. The van der Waals surface area contributed by atoms with Gasteiger partial charge in [-0.15, -0.1) is 0 Å². The van der Waals surface area contributed by atoms with Gasteiger partial charge >= 0.3 is 0 Å². The molecule has 0 aliphatic heterocycles. The smallest absolute Gasteiger partial charge is 0.272 e. The lowest BCUT2D eigenvalue weighted by Crippen LogP contribution is -2.10. The fraction of sp³-hybridized carbons (Fsp3) is 0.143. The van der Waals surface area contributed by atoms with Gasteiger partial charge in [0.2, 0.25) is 5.82 Å². The zero-order valence-corrected chi connectivity index (χ0v) is 10.0. The van der Waals surface area contributed by atoms with Gasteiger partial charge in [0.05, 0.1) is 0 Å². The van der Waals surface area contributed by atoms with Crippen LogP contribution < -0.4 is 4.74 Å². The first-order valence-electron chi connectivity index (χ1n) is 5.64. The van der Waals surface area contributed by atoms with Crippen molar-refractivity contribution in [3.8, 4) is 16.9 Å². The molecule has 0 aliphatic rings. The van der Waals surface area contributed by atoms with Crippen LogP contribution in [0.15, 0.2) is 36.4 Å². The molecule has 20 heavy (non-hydrogen) atoms. The number of ether oxygens (including phenoxy) is 1. The number of alkyl halides is 2. The highest BCUT2D eigenvalue weighted by atomic mass is 19.3. The first kappa shape index (κ1) is 14.3. The van der Waals surface area contributed by atoms with Crippen LogP contribution in [0.25, 0.3) is 11.1 Å². The van der Waals surface area contributed by atoms with Crippen LogP contribution in [-0.4, -0.2) is 13.0 Å². The molecule has 106 valence electrons. The van der Waals surface area contributed by atoms with Crippen molar-refractivity contribution in [1.29, 1.82) is 0 Å². The summed E-state index contributed by atoms with van der Waals surface area (Å²) in [4.78, 5) is 0. The lowest BCUT2D eigenvalue weighted by Gasteiger charge is -2.12. The van der Waals surface area contributed by atoms with Crippen molar-refractivity contribution in [3.05, 3.63) is 53.8 Å². The highest BCUT2D eigenvalue weighted by molar-refractivity contribution is 5.66. The molecule has 0 saturated heterocycles. The Hall–Kier alpha value is -2.11. The summed E-state index contributed by atoms with van der Waals surface area (Å²) >= 11 is 0. The first-order chi connectivity index (χ1) is 9.50. The standard InChI is InChI=1S/C14H9F5O/c15-10-6-9(8-4-2-1-3-5-8)12(18)14(13(10)19)20-7-11(16)17/h1-6,11H,7H2. The minimum absolute atomic E-state index is 0.256. The zero-order chi connectivity index (χ0) is 14.7. The Bertz CT molecular complexity index is 598. The average molecular weight is 288 g/mol. The van der Waals surface area contributed by atoms with Crippen molar-refractivity contribution in [2.24, 2.45) is 0 Å². The van der Waals surface area contributed by atoms with Crippen molar-refractivity contribution < 1.29 is 26.7 Å². The molecule has 0 saturated carbocycles. The highest BCUT2D eigenvalue weighted by Gasteiger charge is 2.22. The number of rotatable bonds is 4. The fourth-order valence-electron chi connectivity index (χ4n) is 1.68. The van der Waals surface area contributed by atoms with Crippen LogP contribution in [0, 0.1) is 17.5 Å². The van der Waals surface area contributed by atoms with E-state index in [0.29, 0.717) is 6.07 Å². The van der Waals surface area contributed by atoms with Gasteiger partial charge in [0, 0.05) is 5.56 Å². The highest BCUT2D eigenvalue weighted by Crippen LogP contribution is 2.33. The third kappa shape index (κ3) is 2.89. The number of benzene rings is 2. The third-order valence-corrected chi connectivity index (χ3v) is 2.55. The predicted molar refractivity (Wildman–Crippen MR) is 63.3 cm³/mol. The molecule has 2 aromatic rings. The van der Waals surface area contributed by atoms with Crippen molar-refractivity contribution >= 4 is 0 Å². The summed E-state index contributed by atoms with van der Waals surface area (Å²) in [6.45, 7) is -1.22. The van der Waals surface area contributed by atoms with Gasteiger partial charge < -0.3 is 4.74 Å². The second-order valence-corrected chi connectivity index (χ2v) is 3.93. The first-order valence-corrected chi connectivity index (χ1v) is 5.64. The van der Waals surface area contributed by atoms with Gasteiger partial charge in [-0.3, -0.25) is 0 Å². The lowest BCUT2D eigenvalue weighted by atomic mass is 10.0. The van der Waals surface area contributed by atoms with Crippen LogP contribution in [0.4, 0.5) is 22.0 Å². The van der Waals surface area contributed by atoms with Gasteiger partial charge in [-0.05, 0) is 11.6 Å². The largest absolute Gasteiger partial charge is 0.481 e. The van der Waals surface area contributed by atoms with E-state index in [9.17, 15) is 22.0 Å². The maximum atomic E-state index is 14.1. The van der Waals surface area contributed by atoms with E-state index in [1.165, 1.54) is 12.1 Å². The van der Waals surface area contributed by atoms with Crippen molar-refractivity contribution in [1.82, 2.24) is 0 Å². The van der Waals surface area contributed by atoms with Gasteiger partial charge in [-0.1, -0.05) is 30.3 Å². The van der Waals surface area contributed by atoms with Gasteiger partial charge in [0.25, 0.3) is 6.43 Å². The Kier molecular flexibility index (Phi) is 4.22. The van der Waals surface area contributed by atoms with Crippen LogP contribution in [-0.2, 0) is 0 Å². The third-order valence-electron chi connectivity index (χ3n) is 2.55. The molecule has 0 fully saturated rings. The Morgan fingerprint density at radius 2 is 1.60 bits per heavy atom. The molecule has 2 rings (SSSR count). The maximum Gasteiger partial charge on any atom is 0.272 e. The molecule has 0 aromatic heterocycles. The molecule has 0 atom stereocenters. The molecule has 6 heteroatoms. The van der Waals surface area contributed by atoms with Crippen LogP contribution >= 0.6 is 0 Å². The van der Waals surface area contributed by atoms with Crippen molar-refractivity contribution in [2.45, 2.75) is 6.43 Å². The Morgan fingerprint density at radius 1 is 0.950 bits per heavy atom. The monoisotopic (exact) mass is 288 g/mol. The summed E-state index contributed by atoms with van der Waals surface area (Å²) in [6.07, 6.45) is -2.92. The quantitative estimate of drug-likeness (QED) is 0.598. The summed E-state index contributed by atoms with van der Waals surface area (Å²) < 4.78 is 69.3. The fourth-order valence-corrected chi connectivity index (χ4v) is 1.68. The molecule has 0 unspecified atom stereocenters. The van der Waals surface area contributed by atoms with E-state index < -0.39 is 36.2 Å². The summed E-state index contributed by atoms with van der Waals surface area (Å²) in [6, 6.07) is 8.44. The molecular weight excluding hydrogens is 279 g/mol. The van der Waals surface area contributed by atoms with Crippen LogP contribution in [0.1, 0.15) is 0 Å².